The Kier molecular flexibility index (Phi) is 3.50. The number of rotatable bonds is 2. The van der Waals surface area contributed by atoms with Gasteiger partial charge in [-0.2, -0.15) is 0 Å². The van der Waals surface area contributed by atoms with Gasteiger partial charge in [-0.1, -0.05) is 12.1 Å². The number of hydrogen-bond donors (Lipinski definition) is 1. The maximum atomic E-state index is 6.06. The second-order valence-electron chi connectivity index (χ2n) is 5.73. The summed E-state index contributed by atoms with van der Waals surface area (Å²) < 4.78 is 11.1. The molecule has 2 N–H and O–H groups in total. The Morgan fingerprint density at radius 2 is 2.16 bits per heavy atom. The van der Waals surface area contributed by atoms with Gasteiger partial charge in [-0.15, -0.1) is 0 Å². The highest BCUT2D eigenvalue weighted by Gasteiger charge is 2.45. The van der Waals surface area contributed by atoms with Gasteiger partial charge in [0.05, 0.1) is 7.11 Å². The Bertz CT molecular complexity index is 452. The molecule has 0 bridgehead atoms. The first kappa shape index (κ1) is 12.9. The van der Waals surface area contributed by atoms with Gasteiger partial charge in [0.2, 0.25) is 0 Å². The highest BCUT2D eigenvalue weighted by atomic mass is 16.5. The summed E-state index contributed by atoms with van der Waals surface area (Å²) in [5.41, 5.74) is 9.15. The zero-order valence-corrected chi connectivity index (χ0v) is 11.7. The van der Waals surface area contributed by atoms with E-state index in [9.17, 15) is 0 Å². The van der Waals surface area contributed by atoms with Crippen molar-refractivity contribution < 1.29 is 9.47 Å². The Morgan fingerprint density at radius 1 is 1.37 bits per heavy atom. The topological polar surface area (TPSA) is 44.5 Å². The molecule has 0 radical (unpaired) electrons. The quantitative estimate of drug-likeness (QED) is 0.888. The van der Waals surface area contributed by atoms with Crippen molar-refractivity contribution in [3.8, 4) is 5.75 Å². The van der Waals surface area contributed by atoms with Gasteiger partial charge in [-0.3, -0.25) is 0 Å². The van der Waals surface area contributed by atoms with Crippen LogP contribution in [-0.2, 0) is 16.6 Å². The molecule has 2 aliphatic rings. The maximum absolute atomic E-state index is 6.06. The van der Waals surface area contributed by atoms with Crippen LogP contribution in [-0.4, -0.2) is 26.9 Å². The van der Waals surface area contributed by atoms with E-state index in [-0.39, 0.29) is 5.41 Å². The molecule has 1 saturated heterocycles. The first-order valence-electron chi connectivity index (χ1n) is 7.26. The van der Waals surface area contributed by atoms with Gasteiger partial charge in [0.15, 0.2) is 0 Å². The van der Waals surface area contributed by atoms with Crippen molar-refractivity contribution in [3.63, 3.8) is 0 Å². The lowest BCUT2D eigenvalue weighted by atomic mass is 9.59. The van der Waals surface area contributed by atoms with Gasteiger partial charge in [0, 0.05) is 18.6 Å². The molecule has 1 fully saturated rings. The lowest BCUT2D eigenvalue weighted by molar-refractivity contribution is 0.0212. The molecular formula is C16H23NO2. The van der Waals surface area contributed by atoms with Crippen LogP contribution in [0.4, 0.5) is 0 Å². The van der Waals surface area contributed by atoms with Gasteiger partial charge in [0.25, 0.3) is 0 Å². The molecule has 1 aromatic carbocycles. The van der Waals surface area contributed by atoms with Crippen LogP contribution in [0.25, 0.3) is 0 Å². The summed E-state index contributed by atoms with van der Waals surface area (Å²) in [6.07, 6.45) is 4.44. The van der Waals surface area contributed by atoms with Crippen molar-refractivity contribution in [2.75, 3.05) is 26.9 Å². The zero-order valence-electron chi connectivity index (χ0n) is 11.7. The molecule has 1 aromatic rings. The fourth-order valence-corrected chi connectivity index (χ4v) is 4.05. The first-order chi connectivity index (χ1) is 9.31. The second kappa shape index (κ2) is 5.14. The summed E-state index contributed by atoms with van der Waals surface area (Å²) in [6.45, 7) is 2.48. The third kappa shape index (κ3) is 1.96. The van der Waals surface area contributed by atoms with Gasteiger partial charge in [-0.25, -0.2) is 0 Å². The number of methoxy groups -OCH3 is 1. The number of fused-ring (bicyclic) bond motifs is 2. The lowest BCUT2D eigenvalue weighted by Gasteiger charge is -2.48. The minimum atomic E-state index is 0.217. The molecule has 0 amide bonds. The van der Waals surface area contributed by atoms with Gasteiger partial charge in [-0.05, 0) is 55.3 Å². The number of nitrogens with two attached hydrogens (primary N) is 1. The van der Waals surface area contributed by atoms with Gasteiger partial charge < -0.3 is 15.2 Å². The lowest BCUT2D eigenvalue weighted by Crippen LogP contribution is -2.47. The van der Waals surface area contributed by atoms with E-state index in [0.29, 0.717) is 5.92 Å². The smallest absolute Gasteiger partial charge is 0.122 e. The van der Waals surface area contributed by atoms with Gasteiger partial charge >= 0.3 is 0 Å². The van der Waals surface area contributed by atoms with Crippen LogP contribution < -0.4 is 10.5 Å². The molecule has 0 aromatic heterocycles. The fraction of sp³-hybridized carbons (Fsp3) is 0.625. The molecule has 3 rings (SSSR count). The summed E-state index contributed by atoms with van der Waals surface area (Å²) in [5, 5.41) is 0. The van der Waals surface area contributed by atoms with Crippen LogP contribution in [0.3, 0.4) is 0 Å². The Morgan fingerprint density at radius 3 is 2.84 bits per heavy atom. The molecule has 104 valence electrons. The molecule has 1 atom stereocenters. The van der Waals surface area contributed by atoms with Crippen LogP contribution in [0.1, 0.15) is 30.4 Å². The van der Waals surface area contributed by atoms with Crippen LogP contribution >= 0.6 is 0 Å². The number of hydrogen-bond acceptors (Lipinski definition) is 3. The van der Waals surface area contributed by atoms with Crippen LogP contribution in [0, 0.1) is 5.92 Å². The average Bonchev–Trinajstić information content (AvgIpc) is 2.48. The third-order valence-electron chi connectivity index (χ3n) is 5.08. The molecule has 19 heavy (non-hydrogen) atoms. The molecule has 1 aliphatic carbocycles. The summed E-state index contributed by atoms with van der Waals surface area (Å²) in [7, 11) is 1.77. The van der Waals surface area contributed by atoms with E-state index in [4.69, 9.17) is 15.2 Å². The van der Waals surface area contributed by atoms with Crippen molar-refractivity contribution in [2.24, 2.45) is 11.7 Å². The van der Waals surface area contributed by atoms with Crippen molar-refractivity contribution in [2.45, 2.75) is 31.1 Å². The summed E-state index contributed by atoms with van der Waals surface area (Å²) in [6, 6.07) is 6.48. The molecule has 3 nitrogen and oxygen atoms in total. The van der Waals surface area contributed by atoms with Crippen molar-refractivity contribution in [3.05, 3.63) is 29.3 Å². The van der Waals surface area contributed by atoms with E-state index in [1.807, 2.05) is 0 Å². The first-order valence-corrected chi connectivity index (χ1v) is 7.26. The molecular weight excluding hydrogens is 238 g/mol. The van der Waals surface area contributed by atoms with E-state index < -0.39 is 0 Å². The van der Waals surface area contributed by atoms with E-state index in [0.717, 1.165) is 44.8 Å². The minimum Gasteiger partial charge on any atom is -0.496 e. The van der Waals surface area contributed by atoms with Crippen LogP contribution in [0.15, 0.2) is 18.2 Å². The molecule has 1 heterocycles. The third-order valence-corrected chi connectivity index (χ3v) is 5.08. The monoisotopic (exact) mass is 261 g/mol. The Balaban J connectivity index is 2.10. The Labute approximate surface area is 115 Å². The normalized spacial score (nSPS) is 25.1. The minimum absolute atomic E-state index is 0.217. The van der Waals surface area contributed by atoms with Crippen molar-refractivity contribution >= 4 is 0 Å². The number of benzene rings is 1. The zero-order chi connectivity index (χ0) is 13.3. The summed E-state index contributed by atoms with van der Waals surface area (Å²) in [4.78, 5) is 0. The van der Waals surface area contributed by atoms with E-state index in [2.05, 4.69) is 18.2 Å². The van der Waals surface area contributed by atoms with E-state index >= 15 is 0 Å². The van der Waals surface area contributed by atoms with Crippen molar-refractivity contribution in [1.82, 2.24) is 0 Å². The number of ether oxygens (including phenoxy) is 2. The molecule has 1 aliphatic heterocycles. The highest BCUT2D eigenvalue weighted by Crippen LogP contribution is 2.49. The SMILES string of the molecule is COc1cccc2c1CCC(CN)C21CCOCC1. The van der Waals surface area contributed by atoms with Crippen molar-refractivity contribution in [1.29, 1.82) is 0 Å². The maximum Gasteiger partial charge on any atom is 0.122 e. The second-order valence-corrected chi connectivity index (χ2v) is 5.73. The molecule has 1 unspecified atom stereocenters. The van der Waals surface area contributed by atoms with E-state index in [1.54, 1.807) is 7.11 Å². The average molecular weight is 261 g/mol. The van der Waals surface area contributed by atoms with Crippen LogP contribution in [0.2, 0.25) is 0 Å². The van der Waals surface area contributed by atoms with Crippen LogP contribution in [0.5, 0.6) is 5.75 Å². The highest BCUT2D eigenvalue weighted by molar-refractivity contribution is 5.47. The van der Waals surface area contributed by atoms with E-state index in [1.165, 1.54) is 17.5 Å². The summed E-state index contributed by atoms with van der Waals surface area (Å²) in [5.74, 6) is 1.62. The Hall–Kier alpha value is -1.06. The largest absolute Gasteiger partial charge is 0.496 e. The molecule has 1 spiro atoms. The molecule has 3 heteroatoms. The molecule has 0 saturated carbocycles. The summed E-state index contributed by atoms with van der Waals surface area (Å²) >= 11 is 0. The predicted molar refractivity (Wildman–Crippen MR) is 75.6 cm³/mol. The fourth-order valence-electron chi connectivity index (χ4n) is 4.05. The predicted octanol–water partition coefficient (Wildman–Crippen LogP) is 2.26. The standard InChI is InChI=1S/C16H23NO2/c1-18-15-4-2-3-14-13(15)6-5-12(11-17)16(14)7-9-19-10-8-16/h2-4,12H,5-11,17H2,1H3. The van der Waals surface area contributed by atoms with Gasteiger partial charge in [0.1, 0.15) is 5.75 Å².